The maximum atomic E-state index is 11.9. The minimum absolute atomic E-state index is 0.0360. The summed E-state index contributed by atoms with van der Waals surface area (Å²) in [6, 6.07) is -0.675. The Kier molecular flexibility index (Phi) is 5.45. The fraction of sp³-hybridized carbons (Fsp3) is 0.846. The summed E-state index contributed by atoms with van der Waals surface area (Å²) in [5.41, 5.74) is 0. The molecule has 0 bridgehead atoms. The van der Waals surface area contributed by atoms with Crippen LogP contribution in [0.4, 0.5) is 0 Å². The van der Waals surface area contributed by atoms with Gasteiger partial charge in [-0.25, -0.2) is 4.79 Å². The number of amides is 1. The number of hydrogen-bond donors (Lipinski definition) is 1. The van der Waals surface area contributed by atoms with Gasteiger partial charge in [-0.2, -0.15) is 0 Å². The van der Waals surface area contributed by atoms with Crippen molar-refractivity contribution in [2.24, 2.45) is 5.92 Å². The maximum Gasteiger partial charge on any atom is 0.326 e. The number of rotatable bonds is 6. The summed E-state index contributed by atoms with van der Waals surface area (Å²) in [5.74, 6) is -0.271. The molecular formula is C13H23NO3. The van der Waals surface area contributed by atoms with Gasteiger partial charge in [0, 0.05) is 13.5 Å². The summed E-state index contributed by atoms with van der Waals surface area (Å²) in [5, 5.41) is 8.98. The van der Waals surface area contributed by atoms with Gasteiger partial charge in [-0.3, -0.25) is 4.79 Å². The molecular weight excluding hydrogens is 218 g/mol. The summed E-state index contributed by atoms with van der Waals surface area (Å²) < 4.78 is 0. The normalized spacial score (nSPS) is 18.0. The van der Waals surface area contributed by atoms with Gasteiger partial charge in [-0.15, -0.1) is 0 Å². The van der Waals surface area contributed by atoms with Crippen LogP contribution in [-0.4, -0.2) is 35.0 Å². The van der Waals surface area contributed by atoms with Crippen molar-refractivity contribution in [3.63, 3.8) is 0 Å². The molecule has 1 saturated carbocycles. The van der Waals surface area contributed by atoms with E-state index in [0.29, 0.717) is 18.8 Å². The van der Waals surface area contributed by atoms with E-state index >= 15 is 0 Å². The smallest absolute Gasteiger partial charge is 0.326 e. The average molecular weight is 241 g/mol. The zero-order valence-electron chi connectivity index (χ0n) is 10.8. The van der Waals surface area contributed by atoms with Crippen LogP contribution in [0.15, 0.2) is 0 Å². The topological polar surface area (TPSA) is 57.6 Å². The highest BCUT2D eigenvalue weighted by atomic mass is 16.4. The molecule has 1 atom stereocenters. The van der Waals surface area contributed by atoms with E-state index in [-0.39, 0.29) is 5.91 Å². The van der Waals surface area contributed by atoms with Crippen LogP contribution < -0.4 is 0 Å². The minimum Gasteiger partial charge on any atom is -0.480 e. The fourth-order valence-corrected chi connectivity index (χ4v) is 2.59. The molecule has 98 valence electrons. The molecule has 4 heteroatoms. The first kappa shape index (κ1) is 14.0. The molecule has 0 radical (unpaired) electrons. The predicted molar refractivity (Wildman–Crippen MR) is 65.7 cm³/mol. The van der Waals surface area contributed by atoms with Crippen molar-refractivity contribution in [2.45, 2.75) is 57.9 Å². The first-order valence-corrected chi connectivity index (χ1v) is 6.54. The molecule has 17 heavy (non-hydrogen) atoms. The largest absolute Gasteiger partial charge is 0.480 e. The molecule has 1 amide bonds. The summed E-state index contributed by atoms with van der Waals surface area (Å²) >= 11 is 0. The Hall–Kier alpha value is -1.06. The third-order valence-corrected chi connectivity index (χ3v) is 3.77. The molecule has 0 aromatic carbocycles. The van der Waals surface area contributed by atoms with Crippen LogP contribution in [0.2, 0.25) is 0 Å². The highest BCUT2D eigenvalue weighted by molar-refractivity contribution is 5.83. The molecule has 4 nitrogen and oxygen atoms in total. The van der Waals surface area contributed by atoms with Crippen LogP contribution in [0.3, 0.4) is 0 Å². The highest BCUT2D eigenvalue weighted by Crippen LogP contribution is 2.28. The molecule has 1 rings (SSSR count). The van der Waals surface area contributed by atoms with Gasteiger partial charge >= 0.3 is 5.97 Å². The lowest BCUT2D eigenvalue weighted by Gasteiger charge is -2.24. The Morgan fingerprint density at radius 2 is 1.94 bits per heavy atom. The number of carboxylic acids is 1. The number of carboxylic acid groups (broad SMARTS) is 1. The van der Waals surface area contributed by atoms with Gasteiger partial charge in [-0.1, -0.05) is 32.6 Å². The lowest BCUT2D eigenvalue weighted by molar-refractivity contribution is -0.149. The molecule has 1 aliphatic rings. The third-order valence-electron chi connectivity index (χ3n) is 3.77. The van der Waals surface area contributed by atoms with Crippen LogP contribution in [0.25, 0.3) is 0 Å². The number of aliphatic carboxylic acids is 1. The molecule has 0 spiro atoms. The van der Waals surface area contributed by atoms with Gasteiger partial charge in [0.1, 0.15) is 6.04 Å². The van der Waals surface area contributed by atoms with E-state index in [1.165, 1.54) is 30.6 Å². The third kappa shape index (κ3) is 4.02. The lowest BCUT2D eigenvalue weighted by atomic mass is 10.0. The molecule has 0 aromatic heterocycles. The molecule has 1 unspecified atom stereocenters. The van der Waals surface area contributed by atoms with Crippen LogP contribution in [0, 0.1) is 5.92 Å². The fourth-order valence-electron chi connectivity index (χ4n) is 2.59. The van der Waals surface area contributed by atoms with Crippen LogP contribution >= 0.6 is 0 Å². The van der Waals surface area contributed by atoms with Crippen LogP contribution in [0.5, 0.6) is 0 Å². The van der Waals surface area contributed by atoms with E-state index in [4.69, 9.17) is 5.11 Å². The van der Waals surface area contributed by atoms with Crippen LogP contribution in [-0.2, 0) is 9.59 Å². The number of likely N-dealkylation sites (N-methyl/N-ethyl adjacent to an activating group) is 1. The first-order valence-electron chi connectivity index (χ1n) is 6.54. The molecule has 0 saturated heterocycles. The Morgan fingerprint density at radius 1 is 1.35 bits per heavy atom. The van der Waals surface area contributed by atoms with Crippen LogP contribution in [0.1, 0.15) is 51.9 Å². The number of carbonyl (C=O) groups is 2. The Bertz CT molecular complexity index is 272. The molecule has 1 fully saturated rings. The van der Waals surface area contributed by atoms with Crippen molar-refractivity contribution in [2.75, 3.05) is 7.05 Å². The number of nitrogens with zero attached hydrogens (tertiary/aromatic N) is 1. The van der Waals surface area contributed by atoms with E-state index in [9.17, 15) is 9.59 Å². The van der Waals surface area contributed by atoms with E-state index in [2.05, 4.69) is 0 Å². The summed E-state index contributed by atoms with van der Waals surface area (Å²) in [6.45, 7) is 1.79. The maximum absolute atomic E-state index is 11.9. The standard InChI is InChI=1S/C13H23NO3/c1-3-11(13(16)17)14(2)12(15)9-8-10-6-4-5-7-10/h10-11H,3-9H2,1-2H3,(H,16,17). The molecule has 1 aliphatic carbocycles. The first-order chi connectivity index (χ1) is 8.06. The number of carbonyl (C=O) groups excluding carboxylic acids is 1. The minimum atomic E-state index is -0.913. The predicted octanol–water partition coefficient (Wildman–Crippen LogP) is 2.28. The Labute approximate surface area is 103 Å². The SMILES string of the molecule is CCC(C(=O)O)N(C)C(=O)CCC1CCCC1. The van der Waals surface area contributed by atoms with Crippen molar-refractivity contribution >= 4 is 11.9 Å². The second kappa shape index (κ2) is 6.62. The zero-order chi connectivity index (χ0) is 12.8. The summed E-state index contributed by atoms with van der Waals surface area (Å²) in [4.78, 5) is 24.2. The Balaban J connectivity index is 2.37. The van der Waals surface area contributed by atoms with Gasteiger partial charge in [0.15, 0.2) is 0 Å². The van der Waals surface area contributed by atoms with E-state index in [0.717, 1.165) is 6.42 Å². The molecule has 1 N–H and O–H groups in total. The zero-order valence-corrected chi connectivity index (χ0v) is 10.8. The van der Waals surface area contributed by atoms with Gasteiger partial charge in [0.05, 0.1) is 0 Å². The van der Waals surface area contributed by atoms with E-state index < -0.39 is 12.0 Å². The summed E-state index contributed by atoms with van der Waals surface area (Å²) in [7, 11) is 1.60. The average Bonchev–Trinajstić information content (AvgIpc) is 2.78. The van der Waals surface area contributed by atoms with Crippen molar-refractivity contribution in [1.82, 2.24) is 4.90 Å². The van der Waals surface area contributed by atoms with Crippen molar-refractivity contribution in [3.8, 4) is 0 Å². The molecule has 0 aliphatic heterocycles. The molecule has 0 aromatic rings. The van der Waals surface area contributed by atoms with Gasteiger partial charge < -0.3 is 10.0 Å². The van der Waals surface area contributed by atoms with Gasteiger partial charge in [-0.05, 0) is 18.8 Å². The van der Waals surface area contributed by atoms with E-state index in [1.807, 2.05) is 0 Å². The Morgan fingerprint density at radius 3 is 2.41 bits per heavy atom. The quantitative estimate of drug-likeness (QED) is 0.776. The highest BCUT2D eigenvalue weighted by Gasteiger charge is 2.25. The second-order valence-electron chi connectivity index (χ2n) is 4.96. The van der Waals surface area contributed by atoms with E-state index in [1.54, 1.807) is 14.0 Å². The van der Waals surface area contributed by atoms with Crippen molar-refractivity contribution in [1.29, 1.82) is 0 Å². The van der Waals surface area contributed by atoms with Crippen molar-refractivity contribution < 1.29 is 14.7 Å². The van der Waals surface area contributed by atoms with Crippen molar-refractivity contribution in [3.05, 3.63) is 0 Å². The summed E-state index contributed by atoms with van der Waals surface area (Å²) in [6.07, 6.45) is 6.88. The number of hydrogen-bond acceptors (Lipinski definition) is 2. The van der Waals surface area contributed by atoms with Gasteiger partial charge in [0.2, 0.25) is 5.91 Å². The monoisotopic (exact) mass is 241 g/mol. The molecule has 0 heterocycles. The second-order valence-corrected chi connectivity index (χ2v) is 4.96. The lowest BCUT2D eigenvalue weighted by Crippen LogP contribution is -2.41. The van der Waals surface area contributed by atoms with Gasteiger partial charge in [0.25, 0.3) is 0 Å².